The van der Waals surface area contributed by atoms with Gasteiger partial charge in [-0.2, -0.15) is 0 Å². The van der Waals surface area contributed by atoms with Crippen molar-refractivity contribution >= 4 is 12.4 Å². The minimum Gasteiger partial charge on any atom is -0.502 e. The Morgan fingerprint density at radius 1 is 1.19 bits per heavy atom. The number of esters is 1. The van der Waals surface area contributed by atoms with Crippen molar-refractivity contribution in [2.24, 2.45) is 0 Å². The number of ether oxygens (including phenoxy) is 2. The summed E-state index contributed by atoms with van der Waals surface area (Å²) >= 11 is 0. The van der Waals surface area contributed by atoms with Crippen molar-refractivity contribution in [3.8, 4) is 11.5 Å². The number of nitrogens with zero attached hydrogens (tertiary/aromatic N) is 2. The molecule has 1 amide bonds. The average Bonchev–Trinajstić information content (AvgIpc) is 2.80. The number of piperazine rings is 1. The van der Waals surface area contributed by atoms with Crippen molar-refractivity contribution < 1.29 is 28.6 Å². The van der Waals surface area contributed by atoms with E-state index < -0.39 is 23.1 Å². The SMILES string of the molecule is COC(=O)C[C@H](c1ccc(OC)cc1)c1oc(CN2CCN(C=O)CC2)cc(=O)c1O. The summed E-state index contributed by atoms with van der Waals surface area (Å²) in [6.07, 6.45) is 0.711. The number of benzene rings is 1. The molecule has 0 radical (unpaired) electrons. The number of hydrogen-bond acceptors (Lipinski definition) is 8. The van der Waals surface area contributed by atoms with E-state index in [0.717, 1.165) is 6.41 Å². The largest absolute Gasteiger partial charge is 0.502 e. The van der Waals surface area contributed by atoms with E-state index in [2.05, 4.69) is 4.90 Å². The molecule has 9 nitrogen and oxygen atoms in total. The van der Waals surface area contributed by atoms with Gasteiger partial charge in [-0.25, -0.2) is 0 Å². The van der Waals surface area contributed by atoms with Gasteiger partial charge in [0.1, 0.15) is 11.5 Å². The molecule has 0 aliphatic carbocycles. The molecule has 2 heterocycles. The average molecular weight is 430 g/mol. The van der Waals surface area contributed by atoms with Crippen molar-refractivity contribution in [2.75, 3.05) is 40.4 Å². The first kappa shape index (κ1) is 22.4. The first-order chi connectivity index (χ1) is 14.9. The Balaban J connectivity index is 1.92. The molecule has 1 aliphatic heterocycles. The van der Waals surface area contributed by atoms with Crippen LogP contribution in [0.1, 0.15) is 29.4 Å². The molecule has 1 saturated heterocycles. The van der Waals surface area contributed by atoms with Gasteiger partial charge in [-0.1, -0.05) is 12.1 Å². The van der Waals surface area contributed by atoms with Crippen LogP contribution in [0.25, 0.3) is 0 Å². The van der Waals surface area contributed by atoms with Crippen LogP contribution in [0.3, 0.4) is 0 Å². The minimum atomic E-state index is -0.710. The molecule has 0 saturated carbocycles. The van der Waals surface area contributed by atoms with E-state index in [1.54, 1.807) is 36.3 Å². The summed E-state index contributed by atoms with van der Waals surface area (Å²) < 4.78 is 15.9. The van der Waals surface area contributed by atoms with E-state index in [4.69, 9.17) is 13.9 Å². The maximum atomic E-state index is 12.5. The van der Waals surface area contributed by atoms with Crippen LogP contribution in [-0.4, -0.2) is 67.7 Å². The van der Waals surface area contributed by atoms with Gasteiger partial charge in [0.05, 0.1) is 33.1 Å². The minimum absolute atomic E-state index is 0.0181. The van der Waals surface area contributed by atoms with E-state index in [-0.39, 0.29) is 12.2 Å². The second-order valence-corrected chi connectivity index (χ2v) is 7.31. The van der Waals surface area contributed by atoms with Gasteiger partial charge < -0.3 is 23.9 Å². The third kappa shape index (κ3) is 5.43. The highest BCUT2D eigenvalue weighted by molar-refractivity contribution is 5.71. The molecule has 2 aromatic rings. The fourth-order valence-electron chi connectivity index (χ4n) is 3.56. The normalized spacial score (nSPS) is 15.4. The molecular weight excluding hydrogens is 404 g/mol. The van der Waals surface area contributed by atoms with Crippen molar-refractivity contribution in [1.82, 2.24) is 9.80 Å². The monoisotopic (exact) mass is 430 g/mol. The van der Waals surface area contributed by atoms with Crippen molar-refractivity contribution in [1.29, 1.82) is 0 Å². The fourth-order valence-corrected chi connectivity index (χ4v) is 3.56. The van der Waals surface area contributed by atoms with Gasteiger partial charge in [0, 0.05) is 32.2 Å². The smallest absolute Gasteiger partial charge is 0.306 e. The summed E-state index contributed by atoms with van der Waals surface area (Å²) in [6.45, 7) is 2.82. The van der Waals surface area contributed by atoms with Gasteiger partial charge in [0.15, 0.2) is 5.76 Å². The molecule has 0 bridgehead atoms. The van der Waals surface area contributed by atoms with Crippen molar-refractivity contribution in [2.45, 2.75) is 18.9 Å². The Bertz CT molecular complexity index is 963. The van der Waals surface area contributed by atoms with Crippen LogP contribution in [0.2, 0.25) is 0 Å². The highest BCUT2D eigenvalue weighted by Crippen LogP contribution is 2.34. The van der Waals surface area contributed by atoms with Crippen molar-refractivity contribution in [3.05, 3.63) is 57.6 Å². The van der Waals surface area contributed by atoms with Gasteiger partial charge in [0.25, 0.3) is 0 Å². The summed E-state index contributed by atoms with van der Waals surface area (Å²) in [5, 5.41) is 10.5. The lowest BCUT2D eigenvalue weighted by molar-refractivity contribution is -0.141. The first-order valence-electron chi connectivity index (χ1n) is 9.93. The summed E-state index contributed by atoms with van der Waals surface area (Å²) in [4.78, 5) is 39.2. The Hall–Kier alpha value is -3.33. The third-order valence-corrected chi connectivity index (χ3v) is 5.37. The maximum Gasteiger partial charge on any atom is 0.306 e. The highest BCUT2D eigenvalue weighted by Gasteiger charge is 2.27. The van der Waals surface area contributed by atoms with Crippen LogP contribution in [0, 0.1) is 0 Å². The van der Waals surface area contributed by atoms with E-state index in [1.807, 2.05) is 0 Å². The number of carbonyl (C=O) groups is 2. The first-order valence-corrected chi connectivity index (χ1v) is 9.93. The number of methoxy groups -OCH3 is 2. The van der Waals surface area contributed by atoms with Crippen LogP contribution in [0.5, 0.6) is 11.5 Å². The second kappa shape index (κ2) is 10.1. The van der Waals surface area contributed by atoms with Gasteiger partial charge >= 0.3 is 5.97 Å². The molecule has 166 valence electrons. The third-order valence-electron chi connectivity index (χ3n) is 5.37. The fraction of sp³-hybridized carbons (Fsp3) is 0.409. The van der Waals surface area contributed by atoms with E-state index in [0.29, 0.717) is 49.8 Å². The number of hydrogen-bond donors (Lipinski definition) is 1. The van der Waals surface area contributed by atoms with Crippen LogP contribution in [0.15, 0.2) is 39.5 Å². The highest BCUT2D eigenvalue weighted by atomic mass is 16.5. The summed E-state index contributed by atoms with van der Waals surface area (Å²) in [5.41, 5.74) is 0.0903. The molecule has 1 aromatic carbocycles. The van der Waals surface area contributed by atoms with Crippen LogP contribution >= 0.6 is 0 Å². The summed E-state index contributed by atoms with van der Waals surface area (Å²) in [5.74, 6) is -0.713. The standard InChI is InChI=1S/C22H26N2O7/c1-29-16-5-3-15(4-6-16)18(12-20(27)30-2)22-21(28)19(26)11-17(31-22)13-23-7-9-24(14-25)10-8-23/h3-6,11,14,18,28H,7-10,12-13H2,1-2H3/t18-/m1/s1. The molecule has 1 aromatic heterocycles. The molecule has 1 N–H and O–H groups in total. The zero-order chi connectivity index (χ0) is 22.4. The molecule has 0 spiro atoms. The molecule has 31 heavy (non-hydrogen) atoms. The zero-order valence-corrected chi connectivity index (χ0v) is 17.6. The Morgan fingerprint density at radius 3 is 2.45 bits per heavy atom. The Morgan fingerprint density at radius 2 is 1.87 bits per heavy atom. The van der Waals surface area contributed by atoms with Crippen LogP contribution < -0.4 is 10.2 Å². The van der Waals surface area contributed by atoms with E-state index in [1.165, 1.54) is 13.2 Å². The lowest BCUT2D eigenvalue weighted by Gasteiger charge is -2.32. The van der Waals surface area contributed by atoms with Crippen LogP contribution in [0.4, 0.5) is 0 Å². The summed E-state index contributed by atoms with van der Waals surface area (Å²) in [7, 11) is 2.82. The van der Waals surface area contributed by atoms with Crippen molar-refractivity contribution in [3.63, 3.8) is 0 Å². The van der Waals surface area contributed by atoms with E-state index in [9.17, 15) is 19.5 Å². The summed E-state index contributed by atoms with van der Waals surface area (Å²) in [6, 6.07) is 8.21. The second-order valence-electron chi connectivity index (χ2n) is 7.31. The van der Waals surface area contributed by atoms with Crippen LogP contribution in [-0.2, 0) is 20.9 Å². The van der Waals surface area contributed by atoms with Gasteiger partial charge in [-0.15, -0.1) is 0 Å². The Labute approximate surface area is 179 Å². The van der Waals surface area contributed by atoms with Gasteiger partial charge in [-0.3, -0.25) is 19.3 Å². The molecule has 1 aliphatic rings. The number of amides is 1. The lowest BCUT2D eigenvalue weighted by atomic mass is 9.92. The Kier molecular flexibility index (Phi) is 7.30. The predicted octanol–water partition coefficient (Wildman–Crippen LogP) is 1.32. The molecule has 0 unspecified atom stereocenters. The zero-order valence-electron chi connectivity index (χ0n) is 17.6. The molecule has 3 rings (SSSR count). The molecule has 1 fully saturated rings. The predicted molar refractivity (Wildman–Crippen MR) is 111 cm³/mol. The quantitative estimate of drug-likeness (QED) is 0.493. The molecular formula is C22H26N2O7. The van der Waals surface area contributed by atoms with Gasteiger partial charge in [-0.05, 0) is 17.7 Å². The maximum absolute atomic E-state index is 12.5. The molecule has 1 atom stereocenters. The number of carbonyl (C=O) groups excluding carboxylic acids is 2. The topological polar surface area (TPSA) is 110 Å². The van der Waals surface area contributed by atoms with Gasteiger partial charge in [0.2, 0.25) is 17.6 Å². The molecule has 9 heteroatoms. The lowest BCUT2D eigenvalue weighted by Crippen LogP contribution is -2.45. The number of aromatic hydroxyl groups is 1. The van der Waals surface area contributed by atoms with E-state index >= 15 is 0 Å². The number of rotatable bonds is 8.